The van der Waals surface area contributed by atoms with Crippen LogP contribution >= 0.6 is 0 Å². The van der Waals surface area contributed by atoms with Crippen molar-refractivity contribution in [3.05, 3.63) is 48.0 Å². The number of benzene rings is 2. The number of amides is 2. The lowest BCUT2D eigenvalue weighted by molar-refractivity contribution is -0.152. The molecule has 0 aliphatic heterocycles. The third-order valence-electron chi connectivity index (χ3n) is 6.17. The topological polar surface area (TPSA) is 97.3 Å². The molecule has 0 aromatic heterocycles. The van der Waals surface area contributed by atoms with Gasteiger partial charge >= 0.3 is 12.0 Å². The normalized spacial score (nSPS) is 11.1. The summed E-state index contributed by atoms with van der Waals surface area (Å²) in [6.07, 6.45) is 7.19. The van der Waals surface area contributed by atoms with Gasteiger partial charge in [0.05, 0.1) is 19.9 Å². The van der Waals surface area contributed by atoms with E-state index in [1.54, 1.807) is 44.6 Å². The van der Waals surface area contributed by atoms with Gasteiger partial charge in [-0.25, -0.2) is 9.59 Å². The highest BCUT2D eigenvalue weighted by atomic mass is 16.5. The third kappa shape index (κ3) is 9.86. The molecule has 2 N–H and O–H groups in total. The first-order valence-corrected chi connectivity index (χ1v) is 13.0. The maximum absolute atomic E-state index is 13.2. The Kier molecular flexibility index (Phi) is 12.1. The van der Waals surface area contributed by atoms with Gasteiger partial charge in [0.1, 0.15) is 17.2 Å². The first-order valence-electron chi connectivity index (χ1n) is 13.0. The molecule has 0 radical (unpaired) electrons. The molecule has 0 spiro atoms. The largest absolute Gasteiger partial charge is 0.497 e. The van der Waals surface area contributed by atoms with Crippen LogP contribution in [0.1, 0.15) is 64.9 Å². The van der Waals surface area contributed by atoms with Crippen LogP contribution in [-0.2, 0) is 11.2 Å². The molecule has 0 aliphatic rings. The molecule has 0 fully saturated rings. The second-order valence-corrected chi connectivity index (χ2v) is 9.56. The van der Waals surface area contributed by atoms with Crippen molar-refractivity contribution < 1.29 is 28.9 Å². The zero-order chi connectivity index (χ0) is 27.3. The summed E-state index contributed by atoms with van der Waals surface area (Å²) >= 11 is 0. The maximum atomic E-state index is 13.2. The number of nitrogens with zero attached hydrogens (tertiary/aromatic N) is 1. The van der Waals surface area contributed by atoms with Crippen molar-refractivity contribution in [1.82, 2.24) is 4.90 Å². The van der Waals surface area contributed by atoms with Crippen molar-refractivity contribution in [2.45, 2.75) is 71.3 Å². The molecule has 2 aromatic carbocycles. The minimum absolute atomic E-state index is 0.154. The van der Waals surface area contributed by atoms with E-state index < -0.39 is 11.6 Å². The van der Waals surface area contributed by atoms with Gasteiger partial charge < -0.3 is 29.5 Å². The highest BCUT2D eigenvalue weighted by Gasteiger charge is 2.29. The van der Waals surface area contributed by atoms with Gasteiger partial charge in [-0.2, -0.15) is 0 Å². The molecule has 37 heavy (non-hydrogen) atoms. The highest BCUT2D eigenvalue weighted by molar-refractivity contribution is 5.91. The Morgan fingerprint density at radius 3 is 2.16 bits per heavy atom. The van der Waals surface area contributed by atoms with E-state index in [1.807, 2.05) is 17.0 Å². The Morgan fingerprint density at radius 2 is 1.54 bits per heavy atom. The summed E-state index contributed by atoms with van der Waals surface area (Å²) in [5.41, 5.74) is 0.406. The number of ether oxygens (including phenoxy) is 3. The van der Waals surface area contributed by atoms with E-state index in [4.69, 9.17) is 14.2 Å². The fourth-order valence-electron chi connectivity index (χ4n) is 3.85. The number of aryl methyl sites for hydroxylation is 1. The van der Waals surface area contributed by atoms with Gasteiger partial charge in [-0.3, -0.25) is 0 Å². The van der Waals surface area contributed by atoms with Crippen LogP contribution in [0.2, 0.25) is 0 Å². The van der Waals surface area contributed by atoms with Crippen LogP contribution in [0.4, 0.5) is 10.5 Å². The number of rotatable bonds is 16. The number of nitrogens with one attached hydrogen (secondary N) is 1. The summed E-state index contributed by atoms with van der Waals surface area (Å²) in [7, 11) is 3.15. The molecule has 8 nitrogen and oxygen atoms in total. The quantitative estimate of drug-likeness (QED) is 0.252. The number of aliphatic carboxylic acids is 1. The Labute approximate surface area is 220 Å². The highest BCUT2D eigenvalue weighted by Crippen LogP contribution is 2.29. The molecule has 2 aromatic rings. The molecule has 0 saturated carbocycles. The number of carbonyl (C=O) groups is 2. The number of carboxylic acids is 1. The number of hydrogen-bond acceptors (Lipinski definition) is 5. The van der Waals surface area contributed by atoms with Crippen molar-refractivity contribution in [2.75, 3.05) is 32.6 Å². The average Bonchev–Trinajstić information content (AvgIpc) is 2.88. The predicted octanol–water partition coefficient (Wildman–Crippen LogP) is 6.38. The van der Waals surface area contributed by atoms with E-state index in [9.17, 15) is 14.7 Å². The van der Waals surface area contributed by atoms with Crippen molar-refractivity contribution in [3.63, 3.8) is 0 Å². The number of carbonyl (C=O) groups excluding carboxylic acids is 1. The number of hydrogen-bond donors (Lipinski definition) is 2. The van der Waals surface area contributed by atoms with Crippen LogP contribution in [-0.4, -0.2) is 54.9 Å². The molecule has 0 atom stereocenters. The minimum atomic E-state index is -1.29. The lowest BCUT2D eigenvalue weighted by Gasteiger charge is -2.24. The smallest absolute Gasteiger partial charge is 0.347 e. The van der Waals surface area contributed by atoms with Crippen molar-refractivity contribution in [1.29, 1.82) is 0 Å². The Balaban J connectivity index is 1.99. The van der Waals surface area contributed by atoms with Crippen LogP contribution in [0.25, 0.3) is 0 Å². The molecule has 2 amide bonds. The molecule has 0 bridgehead atoms. The molecule has 0 saturated heterocycles. The van der Waals surface area contributed by atoms with E-state index in [-0.39, 0.29) is 6.03 Å². The standard InChI is InChI=1S/C29H42N2O6/c1-6-7-8-9-10-19-31(28(34)30-25-18-17-24(35-4)21-26(25)36-5)20-11-12-22-13-15-23(16-14-22)37-29(2,3)27(32)33/h13-18,21H,6-12,19-20H2,1-5H3,(H,30,34)(H,32,33). The monoisotopic (exact) mass is 514 g/mol. The van der Waals surface area contributed by atoms with Crippen molar-refractivity contribution in [2.24, 2.45) is 0 Å². The molecule has 8 heteroatoms. The average molecular weight is 515 g/mol. The number of anilines is 1. The van der Waals surface area contributed by atoms with E-state index in [2.05, 4.69) is 12.2 Å². The fraction of sp³-hybridized carbons (Fsp3) is 0.517. The second kappa shape index (κ2) is 15.0. The van der Waals surface area contributed by atoms with E-state index in [0.29, 0.717) is 36.0 Å². The summed E-state index contributed by atoms with van der Waals surface area (Å²) in [6, 6.07) is 12.6. The lowest BCUT2D eigenvalue weighted by Crippen LogP contribution is -2.37. The minimum Gasteiger partial charge on any atom is -0.497 e. The van der Waals surface area contributed by atoms with Gasteiger partial charge in [-0.15, -0.1) is 0 Å². The van der Waals surface area contributed by atoms with Gasteiger partial charge in [0.25, 0.3) is 0 Å². The Bertz CT molecular complexity index is 990. The van der Waals surface area contributed by atoms with Gasteiger partial charge in [-0.05, 0) is 62.9 Å². The zero-order valence-corrected chi connectivity index (χ0v) is 22.8. The molecular weight excluding hydrogens is 472 g/mol. The van der Waals surface area contributed by atoms with E-state index in [0.717, 1.165) is 31.2 Å². The summed E-state index contributed by atoms with van der Waals surface area (Å²) < 4.78 is 16.3. The molecule has 2 rings (SSSR count). The summed E-state index contributed by atoms with van der Waals surface area (Å²) in [6.45, 7) is 6.53. The van der Waals surface area contributed by atoms with E-state index in [1.165, 1.54) is 33.1 Å². The Morgan fingerprint density at radius 1 is 0.892 bits per heavy atom. The maximum Gasteiger partial charge on any atom is 0.347 e. The molecule has 0 unspecified atom stereocenters. The predicted molar refractivity (Wildman–Crippen MR) is 146 cm³/mol. The van der Waals surface area contributed by atoms with Gasteiger partial charge in [-0.1, -0.05) is 44.7 Å². The van der Waals surface area contributed by atoms with Gasteiger partial charge in [0, 0.05) is 19.2 Å². The van der Waals surface area contributed by atoms with Crippen molar-refractivity contribution in [3.8, 4) is 17.2 Å². The first kappa shape index (κ1) is 29.8. The SMILES string of the molecule is CCCCCCCN(CCCc1ccc(OC(C)(C)C(=O)O)cc1)C(=O)Nc1ccc(OC)cc1OC. The first-order chi connectivity index (χ1) is 17.7. The molecule has 204 valence electrons. The number of methoxy groups -OCH3 is 2. The fourth-order valence-corrected chi connectivity index (χ4v) is 3.85. The summed E-state index contributed by atoms with van der Waals surface area (Å²) in [5, 5.41) is 12.2. The van der Waals surface area contributed by atoms with Crippen LogP contribution in [0.5, 0.6) is 17.2 Å². The summed E-state index contributed by atoms with van der Waals surface area (Å²) in [4.78, 5) is 26.3. The number of urea groups is 1. The third-order valence-corrected chi connectivity index (χ3v) is 6.17. The van der Waals surface area contributed by atoms with Crippen LogP contribution < -0.4 is 19.5 Å². The Hall–Kier alpha value is -3.42. The number of carboxylic acid groups (broad SMARTS) is 1. The van der Waals surface area contributed by atoms with E-state index >= 15 is 0 Å². The van der Waals surface area contributed by atoms with Gasteiger partial charge in [0.2, 0.25) is 0 Å². The second-order valence-electron chi connectivity index (χ2n) is 9.56. The molecule has 0 aliphatic carbocycles. The van der Waals surface area contributed by atoms with Crippen LogP contribution in [0, 0.1) is 0 Å². The lowest BCUT2D eigenvalue weighted by atomic mass is 10.1. The molecule has 0 heterocycles. The zero-order valence-electron chi connectivity index (χ0n) is 22.8. The van der Waals surface area contributed by atoms with Crippen LogP contribution in [0.15, 0.2) is 42.5 Å². The van der Waals surface area contributed by atoms with Gasteiger partial charge in [0.15, 0.2) is 5.60 Å². The molecular formula is C29H42N2O6. The number of unbranched alkanes of at least 4 members (excludes halogenated alkanes) is 4. The van der Waals surface area contributed by atoms with Crippen molar-refractivity contribution >= 4 is 17.7 Å². The van der Waals surface area contributed by atoms with Crippen LogP contribution in [0.3, 0.4) is 0 Å². The summed E-state index contributed by atoms with van der Waals surface area (Å²) in [5.74, 6) is 0.698.